The first-order chi connectivity index (χ1) is 5.63. The molecule has 4 heteroatoms. The summed E-state index contributed by atoms with van der Waals surface area (Å²) in [5.41, 5.74) is 1.04. The number of hydrogen-bond donors (Lipinski definition) is 1. The Balaban J connectivity index is 3.00. The first-order valence-electron chi connectivity index (χ1n) is 3.63. The van der Waals surface area contributed by atoms with E-state index in [0.29, 0.717) is 10.3 Å². The second-order valence-electron chi connectivity index (χ2n) is 2.56. The minimum atomic E-state index is 0.239. The molecular formula is C8H10Cl2N2. The molecule has 0 saturated heterocycles. The molecule has 0 aliphatic carbocycles. The highest BCUT2D eigenvalue weighted by atomic mass is 35.5. The van der Waals surface area contributed by atoms with Crippen molar-refractivity contribution in [3.05, 3.63) is 28.0 Å². The predicted octanol–water partition coefficient (Wildman–Crippen LogP) is 2.67. The molecule has 1 atom stereocenters. The van der Waals surface area contributed by atoms with Crippen LogP contribution in [0.25, 0.3) is 0 Å². The zero-order chi connectivity index (χ0) is 9.14. The monoisotopic (exact) mass is 204 g/mol. The van der Waals surface area contributed by atoms with E-state index in [-0.39, 0.29) is 6.04 Å². The molecule has 0 amide bonds. The minimum absolute atomic E-state index is 0.239. The lowest BCUT2D eigenvalue weighted by molar-refractivity contribution is 0.651. The van der Waals surface area contributed by atoms with E-state index in [1.54, 1.807) is 12.1 Å². The number of rotatable bonds is 2. The van der Waals surface area contributed by atoms with Crippen molar-refractivity contribution in [2.75, 3.05) is 7.05 Å². The van der Waals surface area contributed by atoms with Crippen LogP contribution in [-0.2, 0) is 0 Å². The summed E-state index contributed by atoms with van der Waals surface area (Å²) in [7, 11) is 1.88. The molecule has 0 saturated carbocycles. The number of nitrogens with zero attached hydrogens (tertiary/aromatic N) is 1. The highest BCUT2D eigenvalue weighted by Gasteiger charge is 2.04. The molecule has 1 N–H and O–H groups in total. The van der Waals surface area contributed by atoms with Gasteiger partial charge >= 0.3 is 0 Å². The van der Waals surface area contributed by atoms with E-state index in [2.05, 4.69) is 10.3 Å². The molecule has 0 aromatic carbocycles. The summed E-state index contributed by atoms with van der Waals surface area (Å²) >= 11 is 11.5. The lowest BCUT2D eigenvalue weighted by Gasteiger charge is -2.10. The van der Waals surface area contributed by atoms with Crippen molar-refractivity contribution >= 4 is 23.2 Å². The quantitative estimate of drug-likeness (QED) is 0.750. The molecule has 1 aromatic rings. The second-order valence-corrected chi connectivity index (χ2v) is 3.33. The van der Waals surface area contributed by atoms with Crippen molar-refractivity contribution in [1.82, 2.24) is 10.3 Å². The van der Waals surface area contributed by atoms with Gasteiger partial charge in [0.25, 0.3) is 0 Å². The molecule has 0 aliphatic heterocycles. The fraction of sp³-hybridized carbons (Fsp3) is 0.375. The van der Waals surface area contributed by atoms with Crippen molar-refractivity contribution in [2.45, 2.75) is 13.0 Å². The third-order valence-electron chi connectivity index (χ3n) is 1.72. The van der Waals surface area contributed by atoms with Crippen LogP contribution in [0.4, 0.5) is 0 Å². The number of nitrogens with one attached hydrogen (secondary N) is 1. The van der Waals surface area contributed by atoms with Gasteiger partial charge in [-0.3, -0.25) is 0 Å². The average molecular weight is 205 g/mol. The average Bonchev–Trinajstić information content (AvgIpc) is 2.01. The fourth-order valence-corrected chi connectivity index (χ4v) is 1.38. The molecule has 0 unspecified atom stereocenters. The Morgan fingerprint density at radius 3 is 2.25 bits per heavy atom. The van der Waals surface area contributed by atoms with E-state index >= 15 is 0 Å². The van der Waals surface area contributed by atoms with Crippen molar-refractivity contribution in [3.8, 4) is 0 Å². The molecule has 0 spiro atoms. The zero-order valence-corrected chi connectivity index (χ0v) is 8.45. The maximum absolute atomic E-state index is 5.73. The molecule has 1 heterocycles. The standard InChI is InChI=1S/C8H10Cl2N2/c1-5(11-2)6-3-7(9)12-8(10)4-6/h3-5,11H,1-2H3/t5-/m0/s1. The first kappa shape index (κ1) is 9.78. The van der Waals surface area contributed by atoms with Crippen LogP contribution in [-0.4, -0.2) is 12.0 Å². The summed E-state index contributed by atoms with van der Waals surface area (Å²) < 4.78 is 0. The normalized spacial score (nSPS) is 13.0. The number of aromatic nitrogens is 1. The van der Waals surface area contributed by atoms with Crippen molar-refractivity contribution in [2.24, 2.45) is 0 Å². The molecule has 0 aliphatic rings. The second kappa shape index (κ2) is 4.08. The lowest BCUT2D eigenvalue weighted by Crippen LogP contribution is -2.12. The maximum Gasteiger partial charge on any atom is 0.131 e. The maximum atomic E-state index is 5.73. The summed E-state index contributed by atoms with van der Waals surface area (Å²) in [5.74, 6) is 0. The van der Waals surface area contributed by atoms with Gasteiger partial charge in [-0.05, 0) is 31.7 Å². The molecule has 0 radical (unpaired) electrons. The van der Waals surface area contributed by atoms with E-state index in [1.807, 2.05) is 14.0 Å². The third-order valence-corrected chi connectivity index (χ3v) is 2.11. The van der Waals surface area contributed by atoms with Gasteiger partial charge in [0.05, 0.1) is 0 Å². The molecule has 0 bridgehead atoms. The van der Waals surface area contributed by atoms with Gasteiger partial charge in [-0.25, -0.2) is 4.98 Å². The van der Waals surface area contributed by atoms with Crippen LogP contribution in [0.15, 0.2) is 12.1 Å². The van der Waals surface area contributed by atoms with Crippen LogP contribution in [0.5, 0.6) is 0 Å². The van der Waals surface area contributed by atoms with Crippen LogP contribution < -0.4 is 5.32 Å². The zero-order valence-electron chi connectivity index (χ0n) is 6.94. The van der Waals surface area contributed by atoms with Gasteiger partial charge in [0.2, 0.25) is 0 Å². The minimum Gasteiger partial charge on any atom is -0.313 e. The van der Waals surface area contributed by atoms with E-state index in [9.17, 15) is 0 Å². The van der Waals surface area contributed by atoms with Crippen molar-refractivity contribution in [1.29, 1.82) is 0 Å². The Morgan fingerprint density at radius 2 is 1.83 bits per heavy atom. The van der Waals surface area contributed by atoms with Crippen molar-refractivity contribution < 1.29 is 0 Å². The predicted molar refractivity (Wildman–Crippen MR) is 51.7 cm³/mol. The van der Waals surface area contributed by atoms with Crippen LogP contribution in [0.1, 0.15) is 18.5 Å². The van der Waals surface area contributed by atoms with Gasteiger partial charge in [0.15, 0.2) is 0 Å². The Hall–Kier alpha value is -0.310. The van der Waals surface area contributed by atoms with Gasteiger partial charge in [-0.2, -0.15) is 0 Å². The SMILES string of the molecule is CN[C@@H](C)c1cc(Cl)nc(Cl)c1. The van der Waals surface area contributed by atoms with Crippen LogP contribution in [0.2, 0.25) is 10.3 Å². The third kappa shape index (κ3) is 2.34. The molecule has 1 aromatic heterocycles. The highest BCUT2D eigenvalue weighted by Crippen LogP contribution is 2.19. The Bertz CT molecular complexity index is 256. The van der Waals surface area contributed by atoms with E-state index in [1.165, 1.54) is 0 Å². The molecule has 12 heavy (non-hydrogen) atoms. The molecule has 2 nitrogen and oxygen atoms in total. The van der Waals surface area contributed by atoms with E-state index in [0.717, 1.165) is 5.56 Å². The van der Waals surface area contributed by atoms with E-state index < -0.39 is 0 Å². The Morgan fingerprint density at radius 1 is 1.33 bits per heavy atom. The topological polar surface area (TPSA) is 24.9 Å². The molecule has 1 rings (SSSR count). The van der Waals surface area contributed by atoms with Gasteiger partial charge in [-0.15, -0.1) is 0 Å². The Kier molecular flexibility index (Phi) is 3.32. The molecule has 66 valence electrons. The van der Waals surface area contributed by atoms with Gasteiger partial charge in [0, 0.05) is 6.04 Å². The summed E-state index contributed by atoms with van der Waals surface area (Å²) in [6.45, 7) is 2.03. The van der Waals surface area contributed by atoms with Gasteiger partial charge in [-0.1, -0.05) is 23.2 Å². The molecular weight excluding hydrogens is 195 g/mol. The fourth-order valence-electron chi connectivity index (χ4n) is 0.900. The van der Waals surface area contributed by atoms with Crippen LogP contribution >= 0.6 is 23.2 Å². The van der Waals surface area contributed by atoms with Gasteiger partial charge < -0.3 is 5.32 Å². The van der Waals surface area contributed by atoms with Gasteiger partial charge in [0.1, 0.15) is 10.3 Å². The summed E-state index contributed by atoms with van der Waals surface area (Å²) in [6.07, 6.45) is 0. The van der Waals surface area contributed by atoms with Crippen LogP contribution in [0.3, 0.4) is 0 Å². The highest BCUT2D eigenvalue weighted by molar-refractivity contribution is 6.32. The largest absolute Gasteiger partial charge is 0.313 e. The summed E-state index contributed by atoms with van der Waals surface area (Å²) in [6, 6.07) is 3.84. The number of halogens is 2. The summed E-state index contributed by atoms with van der Waals surface area (Å²) in [4.78, 5) is 3.85. The lowest BCUT2D eigenvalue weighted by atomic mass is 10.1. The smallest absolute Gasteiger partial charge is 0.131 e. The number of hydrogen-bond acceptors (Lipinski definition) is 2. The first-order valence-corrected chi connectivity index (χ1v) is 4.39. The molecule has 0 fully saturated rings. The Labute approximate surface area is 81.9 Å². The number of pyridine rings is 1. The van der Waals surface area contributed by atoms with Crippen molar-refractivity contribution in [3.63, 3.8) is 0 Å². The summed E-state index contributed by atoms with van der Waals surface area (Å²) in [5, 5.41) is 3.95. The van der Waals surface area contributed by atoms with Crippen LogP contribution in [0, 0.1) is 0 Å². The van der Waals surface area contributed by atoms with E-state index in [4.69, 9.17) is 23.2 Å².